The van der Waals surface area contributed by atoms with Gasteiger partial charge in [0.1, 0.15) is 5.82 Å². The number of hydrogen-bond acceptors (Lipinski definition) is 3. The largest absolute Gasteiger partial charge is 0.383 e. The first-order valence-corrected chi connectivity index (χ1v) is 6.98. The van der Waals surface area contributed by atoms with Crippen LogP contribution in [0.1, 0.15) is 5.56 Å². The first-order valence-electron chi connectivity index (χ1n) is 6.98. The van der Waals surface area contributed by atoms with E-state index in [1.807, 2.05) is 18.0 Å². The van der Waals surface area contributed by atoms with Gasteiger partial charge >= 0.3 is 0 Å². The van der Waals surface area contributed by atoms with Crippen LogP contribution >= 0.6 is 0 Å². The van der Waals surface area contributed by atoms with Gasteiger partial charge in [0, 0.05) is 34.3 Å². The SMILES string of the molecule is CN=C(NCC(=O)NCCOC)N(C)Cc1cccc(F)c1. The fourth-order valence-electron chi connectivity index (χ4n) is 1.88. The van der Waals surface area contributed by atoms with Gasteiger partial charge in [0.25, 0.3) is 0 Å². The predicted octanol–water partition coefficient (Wildman–Crippen LogP) is 0.596. The first kappa shape index (κ1) is 17.9. The van der Waals surface area contributed by atoms with Gasteiger partial charge in [-0.05, 0) is 17.7 Å². The van der Waals surface area contributed by atoms with E-state index in [2.05, 4.69) is 15.6 Å². The van der Waals surface area contributed by atoms with Crippen molar-refractivity contribution >= 4 is 11.9 Å². The van der Waals surface area contributed by atoms with E-state index < -0.39 is 0 Å². The fourth-order valence-corrected chi connectivity index (χ4v) is 1.88. The maximum atomic E-state index is 13.2. The third-order valence-corrected chi connectivity index (χ3v) is 2.92. The molecule has 0 aliphatic rings. The van der Waals surface area contributed by atoms with Crippen molar-refractivity contribution in [2.24, 2.45) is 4.99 Å². The van der Waals surface area contributed by atoms with Crippen LogP contribution in [0.4, 0.5) is 4.39 Å². The van der Waals surface area contributed by atoms with Gasteiger partial charge < -0.3 is 20.3 Å². The molecular formula is C15H23FN4O2. The van der Waals surface area contributed by atoms with Crippen LogP contribution in [0.5, 0.6) is 0 Å². The number of rotatable bonds is 7. The van der Waals surface area contributed by atoms with Gasteiger partial charge in [-0.15, -0.1) is 0 Å². The summed E-state index contributed by atoms with van der Waals surface area (Å²) >= 11 is 0. The number of ether oxygens (including phenoxy) is 1. The van der Waals surface area contributed by atoms with E-state index in [9.17, 15) is 9.18 Å². The van der Waals surface area contributed by atoms with Crippen molar-refractivity contribution in [2.75, 3.05) is 40.9 Å². The zero-order valence-electron chi connectivity index (χ0n) is 13.2. The molecule has 0 spiro atoms. The molecule has 22 heavy (non-hydrogen) atoms. The molecule has 0 aliphatic heterocycles. The Balaban J connectivity index is 2.45. The summed E-state index contributed by atoms with van der Waals surface area (Å²) in [4.78, 5) is 17.5. The van der Waals surface area contributed by atoms with Crippen LogP contribution in [0.15, 0.2) is 29.3 Å². The van der Waals surface area contributed by atoms with E-state index in [1.165, 1.54) is 12.1 Å². The minimum atomic E-state index is -0.272. The summed E-state index contributed by atoms with van der Waals surface area (Å²) in [5, 5.41) is 5.67. The number of guanidine groups is 1. The second-order valence-corrected chi connectivity index (χ2v) is 4.73. The number of halogens is 1. The van der Waals surface area contributed by atoms with Crippen molar-refractivity contribution in [3.8, 4) is 0 Å². The highest BCUT2D eigenvalue weighted by Gasteiger charge is 2.09. The normalized spacial score (nSPS) is 11.2. The van der Waals surface area contributed by atoms with Gasteiger partial charge in [0.05, 0.1) is 13.2 Å². The fraction of sp³-hybridized carbons (Fsp3) is 0.467. The molecule has 0 saturated carbocycles. The Labute approximate surface area is 130 Å². The van der Waals surface area contributed by atoms with Crippen LogP contribution < -0.4 is 10.6 Å². The first-order chi connectivity index (χ1) is 10.6. The molecule has 2 N–H and O–H groups in total. The van der Waals surface area contributed by atoms with Crippen LogP contribution in [0.25, 0.3) is 0 Å². The summed E-state index contributed by atoms with van der Waals surface area (Å²) in [7, 11) is 5.03. The van der Waals surface area contributed by atoms with Crippen LogP contribution in [0.3, 0.4) is 0 Å². The van der Waals surface area contributed by atoms with Crippen LogP contribution in [-0.4, -0.2) is 57.7 Å². The highest BCUT2D eigenvalue weighted by molar-refractivity contribution is 5.86. The van der Waals surface area contributed by atoms with E-state index in [-0.39, 0.29) is 18.3 Å². The average Bonchev–Trinajstić information content (AvgIpc) is 2.48. The minimum absolute atomic E-state index is 0.115. The van der Waals surface area contributed by atoms with E-state index in [0.717, 1.165) is 5.56 Å². The zero-order valence-corrected chi connectivity index (χ0v) is 13.2. The molecule has 0 unspecified atom stereocenters. The van der Waals surface area contributed by atoms with Crippen LogP contribution in [-0.2, 0) is 16.1 Å². The molecule has 1 amide bonds. The van der Waals surface area contributed by atoms with Gasteiger partial charge in [-0.25, -0.2) is 4.39 Å². The van der Waals surface area contributed by atoms with Crippen molar-refractivity contribution in [3.05, 3.63) is 35.6 Å². The highest BCUT2D eigenvalue weighted by Crippen LogP contribution is 2.06. The lowest BCUT2D eigenvalue weighted by Crippen LogP contribution is -2.44. The summed E-state index contributed by atoms with van der Waals surface area (Å²) in [5.41, 5.74) is 0.829. The molecule has 6 nitrogen and oxygen atoms in total. The Bertz CT molecular complexity index is 508. The number of nitrogens with zero attached hydrogens (tertiary/aromatic N) is 2. The number of benzene rings is 1. The number of carbonyl (C=O) groups excluding carboxylic acids is 1. The molecule has 0 fully saturated rings. The summed E-state index contributed by atoms with van der Waals surface area (Å²) in [6.45, 7) is 1.54. The van der Waals surface area contributed by atoms with Gasteiger partial charge in [0.15, 0.2) is 5.96 Å². The van der Waals surface area contributed by atoms with Crippen LogP contribution in [0.2, 0.25) is 0 Å². The van der Waals surface area contributed by atoms with Crippen molar-refractivity contribution in [2.45, 2.75) is 6.54 Å². The van der Waals surface area contributed by atoms with Crippen LogP contribution in [0, 0.1) is 5.82 Å². The summed E-state index contributed by atoms with van der Waals surface area (Å²) < 4.78 is 18.0. The standard InChI is InChI=1S/C15H23FN4O2/c1-17-15(19-10-14(21)18-7-8-22-3)20(2)11-12-5-4-6-13(16)9-12/h4-6,9H,7-8,10-11H2,1-3H3,(H,17,19)(H,18,21). The topological polar surface area (TPSA) is 66.0 Å². The van der Waals surface area contributed by atoms with Crippen molar-refractivity contribution in [1.29, 1.82) is 0 Å². The van der Waals surface area contributed by atoms with E-state index in [4.69, 9.17) is 4.74 Å². The lowest BCUT2D eigenvalue weighted by atomic mass is 10.2. The number of aliphatic imine (C=N–C) groups is 1. The zero-order chi connectivity index (χ0) is 16.4. The predicted molar refractivity (Wildman–Crippen MR) is 84.1 cm³/mol. The average molecular weight is 310 g/mol. The summed E-state index contributed by atoms with van der Waals surface area (Å²) in [6.07, 6.45) is 0. The molecule has 0 bridgehead atoms. The van der Waals surface area contributed by atoms with E-state index in [0.29, 0.717) is 25.7 Å². The van der Waals surface area contributed by atoms with Crippen molar-refractivity contribution in [1.82, 2.24) is 15.5 Å². The van der Waals surface area contributed by atoms with Crippen molar-refractivity contribution in [3.63, 3.8) is 0 Å². The lowest BCUT2D eigenvalue weighted by molar-refractivity contribution is -0.120. The molecule has 1 aromatic rings. The number of methoxy groups -OCH3 is 1. The molecule has 0 heterocycles. The van der Waals surface area contributed by atoms with Gasteiger partial charge in [0.2, 0.25) is 5.91 Å². The van der Waals surface area contributed by atoms with Crippen molar-refractivity contribution < 1.29 is 13.9 Å². The highest BCUT2D eigenvalue weighted by atomic mass is 19.1. The minimum Gasteiger partial charge on any atom is -0.383 e. The van der Waals surface area contributed by atoms with Gasteiger partial charge in [-0.3, -0.25) is 9.79 Å². The Morgan fingerprint density at radius 3 is 2.82 bits per heavy atom. The van der Waals surface area contributed by atoms with Gasteiger partial charge in [-0.1, -0.05) is 12.1 Å². The molecular weight excluding hydrogens is 287 g/mol. The van der Waals surface area contributed by atoms with E-state index in [1.54, 1.807) is 20.2 Å². The molecule has 0 radical (unpaired) electrons. The summed E-state index contributed by atoms with van der Waals surface area (Å²) in [5.74, 6) is 0.148. The second kappa shape index (κ2) is 9.73. The molecule has 0 aromatic heterocycles. The van der Waals surface area contributed by atoms with Gasteiger partial charge in [-0.2, -0.15) is 0 Å². The maximum Gasteiger partial charge on any atom is 0.239 e. The second-order valence-electron chi connectivity index (χ2n) is 4.73. The molecule has 1 aromatic carbocycles. The Kier molecular flexibility index (Phi) is 7.91. The summed E-state index contributed by atoms with van der Waals surface area (Å²) in [6, 6.07) is 6.38. The quantitative estimate of drug-likeness (QED) is 0.440. The monoisotopic (exact) mass is 310 g/mol. The number of amides is 1. The maximum absolute atomic E-state index is 13.2. The smallest absolute Gasteiger partial charge is 0.239 e. The lowest BCUT2D eigenvalue weighted by Gasteiger charge is -2.22. The Morgan fingerprint density at radius 2 is 2.18 bits per heavy atom. The molecule has 1 rings (SSSR count). The molecule has 7 heteroatoms. The number of carbonyl (C=O) groups is 1. The molecule has 0 atom stereocenters. The van der Waals surface area contributed by atoms with E-state index >= 15 is 0 Å². The molecule has 122 valence electrons. The number of nitrogens with one attached hydrogen (secondary N) is 2. The Hall–Kier alpha value is -2.15. The molecule has 0 saturated heterocycles. The molecule has 0 aliphatic carbocycles. The third kappa shape index (κ3) is 6.53. The number of hydrogen-bond donors (Lipinski definition) is 2. The Morgan fingerprint density at radius 1 is 1.41 bits per heavy atom. The third-order valence-electron chi connectivity index (χ3n) is 2.92.